The average Bonchev–Trinajstić information content (AvgIpc) is 2.64. The summed E-state index contributed by atoms with van der Waals surface area (Å²) < 4.78 is 0. The smallest absolute Gasteiger partial charge is 0.240 e. The number of carbonyl (C=O) groups excluding carboxylic acids is 1. The van der Waals surface area contributed by atoms with Gasteiger partial charge in [0.15, 0.2) is 0 Å². The average molecular weight is 344 g/mol. The Bertz CT molecular complexity index is 420. The van der Waals surface area contributed by atoms with Gasteiger partial charge >= 0.3 is 0 Å². The molecule has 0 aromatic heterocycles. The Morgan fingerprint density at radius 1 is 1.12 bits per heavy atom. The number of carbonyl (C=O) groups is 1. The van der Waals surface area contributed by atoms with Gasteiger partial charge in [-0.1, -0.05) is 34.1 Å². The molecule has 0 bridgehead atoms. The van der Waals surface area contributed by atoms with E-state index in [4.69, 9.17) is 0 Å². The van der Waals surface area contributed by atoms with Gasteiger partial charge in [0.05, 0.1) is 18.8 Å². The fraction of sp³-hybridized carbons (Fsp3) is 0.944. The molecule has 0 spiro atoms. The summed E-state index contributed by atoms with van der Waals surface area (Å²) in [5.74, 6) is -0.289. The number of hydrogen-bond acceptors (Lipinski definition) is 5. The van der Waals surface area contributed by atoms with Crippen LogP contribution in [0.25, 0.3) is 0 Å². The van der Waals surface area contributed by atoms with Crippen LogP contribution in [0.4, 0.5) is 0 Å². The first-order valence-corrected chi connectivity index (χ1v) is 8.98. The number of likely N-dealkylation sites (tertiary alicyclic amines) is 1. The number of aliphatic hydroxyl groups excluding tert-OH is 3. The van der Waals surface area contributed by atoms with Crippen molar-refractivity contribution in [2.75, 3.05) is 13.2 Å². The molecule has 1 aliphatic heterocycles. The van der Waals surface area contributed by atoms with Crippen LogP contribution in [-0.2, 0) is 4.79 Å². The van der Waals surface area contributed by atoms with Gasteiger partial charge in [0.25, 0.3) is 0 Å². The van der Waals surface area contributed by atoms with Crippen LogP contribution in [0, 0.1) is 5.41 Å². The molecule has 0 aromatic carbocycles. The predicted molar refractivity (Wildman–Crippen MR) is 94.6 cm³/mol. The highest BCUT2D eigenvalue weighted by molar-refractivity contribution is 5.83. The van der Waals surface area contributed by atoms with Crippen molar-refractivity contribution in [2.45, 2.75) is 90.6 Å². The highest BCUT2D eigenvalue weighted by Crippen LogP contribution is 2.29. The summed E-state index contributed by atoms with van der Waals surface area (Å²) in [6.45, 7) is 12.6. The van der Waals surface area contributed by atoms with Gasteiger partial charge in [-0.25, -0.2) is 0 Å². The van der Waals surface area contributed by atoms with E-state index < -0.39 is 29.8 Å². The van der Waals surface area contributed by atoms with Gasteiger partial charge in [-0.3, -0.25) is 9.69 Å². The van der Waals surface area contributed by atoms with Crippen molar-refractivity contribution in [1.29, 1.82) is 0 Å². The van der Waals surface area contributed by atoms with Crippen LogP contribution in [0.5, 0.6) is 0 Å². The lowest BCUT2D eigenvalue weighted by Gasteiger charge is -2.36. The fourth-order valence-electron chi connectivity index (χ4n) is 3.95. The Balaban J connectivity index is 2.92. The zero-order chi connectivity index (χ0) is 18.7. The van der Waals surface area contributed by atoms with Gasteiger partial charge in [-0.05, 0) is 38.6 Å². The fourth-order valence-corrected chi connectivity index (χ4v) is 3.95. The standard InChI is InChI=1S/C18H36N2O4/c1-7-8-9-20-12(10-21)14(22)15(23)13(20)16(24)19-18(5,6)11-17(2,3)4/h12-15,21-23H,7-11H2,1-6H3,(H,19,24)/t12-,13-,14+,15-/m1/s1. The zero-order valence-corrected chi connectivity index (χ0v) is 16.0. The molecule has 0 radical (unpaired) electrons. The molecule has 1 amide bonds. The highest BCUT2D eigenvalue weighted by atomic mass is 16.3. The first-order valence-electron chi connectivity index (χ1n) is 8.98. The molecule has 142 valence electrons. The first-order chi connectivity index (χ1) is 10.9. The number of nitrogens with zero attached hydrogens (tertiary/aromatic N) is 1. The SMILES string of the molecule is CCCCN1[C@H](CO)[C@H](O)[C@H](O)[C@@H]1C(=O)NC(C)(C)CC(C)(C)C. The quantitative estimate of drug-likeness (QED) is 0.550. The summed E-state index contributed by atoms with van der Waals surface area (Å²) >= 11 is 0. The van der Waals surface area contributed by atoms with E-state index in [1.54, 1.807) is 4.90 Å². The maximum Gasteiger partial charge on any atom is 0.240 e. The normalized spacial score (nSPS) is 29.0. The minimum Gasteiger partial charge on any atom is -0.395 e. The van der Waals surface area contributed by atoms with Crippen molar-refractivity contribution in [3.05, 3.63) is 0 Å². The molecular formula is C18H36N2O4. The second kappa shape index (κ2) is 8.13. The molecule has 0 unspecified atom stereocenters. The minimum absolute atomic E-state index is 0.0557. The number of hydrogen-bond donors (Lipinski definition) is 4. The second-order valence-corrected chi connectivity index (χ2v) is 8.88. The van der Waals surface area contributed by atoms with Gasteiger partial charge < -0.3 is 20.6 Å². The minimum atomic E-state index is -1.19. The molecular weight excluding hydrogens is 308 g/mol. The lowest BCUT2D eigenvalue weighted by Crippen LogP contribution is -2.56. The van der Waals surface area contributed by atoms with Crippen LogP contribution in [-0.4, -0.2) is 69.1 Å². The van der Waals surface area contributed by atoms with Crippen molar-refractivity contribution in [3.63, 3.8) is 0 Å². The van der Waals surface area contributed by atoms with E-state index in [0.717, 1.165) is 19.3 Å². The Labute approximate surface area is 146 Å². The van der Waals surface area contributed by atoms with Crippen molar-refractivity contribution in [1.82, 2.24) is 10.2 Å². The largest absolute Gasteiger partial charge is 0.395 e. The van der Waals surface area contributed by atoms with Crippen molar-refractivity contribution < 1.29 is 20.1 Å². The number of amides is 1. The second-order valence-electron chi connectivity index (χ2n) is 8.88. The third kappa shape index (κ3) is 5.41. The Morgan fingerprint density at radius 2 is 1.71 bits per heavy atom. The molecule has 0 aromatic rings. The van der Waals surface area contributed by atoms with Crippen molar-refractivity contribution in [2.24, 2.45) is 5.41 Å². The number of nitrogens with one attached hydrogen (secondary N) is 1. The van der Waals surface area contributed by atoms with Crippen molar-refractivity contribution in [3.8, 4) is 0 Å². The van der Waals surface area contributed by atoms with Gasteiger partial charge in [0, 0.05) is 5.54 Å². The Morgan fingerprint density at radius 3 is 2.17 bits per heavy atom. The van der Waals surface area contributed by atoms with E-state index in [1.807, 2.05) is 20.8 Å². The third-order valence-corrected chi connectivity index (χ3v) is 4.51. The van der Waals surface area contributed by atoms with Crippen LogP contribution in [0.15, 0.2) is 0 Å². The lowest BCUT2D eigenvalue weighted by atomic mass is 9.81. The van der Waals surface area contributed by atoms with E-state index in [-0.39, 0.29) is 17.9 Å². The molecule has 6 nitrogen and oxygen atoms in total. The van der Waals surface area contributed by atoms with E-state index in [1.165, 1.54) is 0 Å². The van der Waals surface area contributed by atoms with Crippen LogP contribution in [0.2, 0.25) is 0 Å². The molecule has 1 aliphatic rings. The van der Waals surface area contributed by atoms with Crippen LogP contribution >= 0.6 is 0 Å². The summed E-state index contributed by atoms with van der Waals surface area (Å²) in [5.41, 5.74) is -0.367. The topological polar surface area (TPSA) is 93.0 Å². The van der Waals surface area contributed by atoms with E-state index in [9.17, 15) is 20.1 Å². The summed E-state index contributed by atoms with van der Waals surface area (Å²) in [7, 11) is 0. The molecule has 24 heavy (non-hydrogen) atoms. The monoisotopic (exact) mass is 344 g/mol. The van der Waals surface area contributed by atoms with Crippen LogP contribution in [0.1, 0.15) is 60.8 Å². The third-order valence-electron chi connectivity index (χ3n) is 4.51. The maximum atomic E-state index is 12.8. The number of unbranched alkanes of at least 4 members (excludes halogenated alkanes) is 1. The van der Waals surface area contributed by atoms with Crippen LogP contribution in [0.3, 0.4) is 0 Å². The summed E-state index contributed by atoms with van der Waals surface area (Å²) in [6.07, 6.45) is 0.253. The summed E-state index contributed by atoms with van der Waals surface area (Å²) in [5, 5.41) is 33.2. The highest BCUT2D eigenvalue weighted by Gasteiger charge is 2.50. The van der Waals surface area contributed by atoms with Gasteiger partial charge in [0.2, 0.25) is 5.91 Å². The van der Waals surface area contributed by atoms with Gasteiger partial charge in [-0.15, -0.1) is 0 Å². The predicted octanol–water partition coefficient (Wildman–Crippen LogP) is 0.884. The summed E-state index contributed by atoms with van der Waals surface area (Å²) in [4.78, 5) is 14.6. The molecule has 6 heteroatoms. The first kappa shape index (κ1) is 21.4. The number of rotatable bonds is 7. The van der Waals surface area contributed by atoms with E-state index >= 15 is 0 Å². The zero-order valence-electron chi connectivity index (χ0n) is 16.0. The summed E-state index contributed by atoms with van der Waals surface area (Å²) in [6, 6.07) is -1.43. The Kier molecular flexibility index (Phi) is 7.23. The number of aliphatic hydroxyl groups is 3. The molecule has 4 N–H and O–H groups in total. The molecule has 0 saturated carbocycles. The molecule has 1 rings (SSSR count). The molecule has 4 atom stereocenters. The van der Waals surface area contributed by atoms with E-state index in [2.05, 4.69) is 26.1 Å². The van der Waals surface area contributed by atoms with Crippen LogP contribution < -0.4 is 5.32 Å². The molecule has 1 saturated heterocycles. The molecule has 1 heterocycles. The van der Waals surface area contributed by atoms with Crippen molar-refractivity contribution >= 4 is 5.91 Å². The van der Waals surface area contributed by atoms with Gasteiger partial charge in [0.1, 0.15) is 12.1 Å². The lowest BCUT2D eigenvalue weighted by molar-refractivity contribution is -0.131. The molecule has 1 fully saturated rings. The Hall–Kier alpha value is -0.690. The maximum absolute atomic E-state index is 12.8. The molecule has 0 aliphatic carbocycles. The van der Waals surface area contributed by atoms with E-state index in [0.29, 0.717) is 6.54 Å². The van der Waals surface area contributed by atoms with Gasteiger partial charge in [-0.2, -0.15) is 0 Å².